The molecule has 0 saturated heterocycles. The van der Waals surface area contributed by atoms with Crippen molar-refractivity contribution >= 4 is 0 Å². The second-order valence-corrected chi connectivity index (χ2v) is 3.69. The SMILES string of the molecule is C=CC1(C=C)Cc2c(C)cccc2O1. The highest BCUT2D eigenvalue weighted by atomic mass is 16.5. The number of aryl methyl sites for hydroxylation is 1. The Morgan fingerprint density at radius 3 is 2.64 bits per heavy atom. The van der Waals surface area contributed by atoms with Gasteiger partial charge < -0.3 is 4.74 Å². The van der Waals surface area contributed by atoms with E-state index in [0.717, 1.165) is 12.2 Å². The van der Waals surface area contributed by atoms with Crippen LogP contribution in [-0.4, -0.2) is 5.60 Å². The highest BCUT2D eigenvalue weighted by molar-refractivity contribution is 5.47. The molecule has 0 radical (unpaired) electrons. The molecule has 1 aliphatic heterocycles. The van der Waals surface area contributed by atoms with Gasteiger partial charge >= 0.3 is 0 Å². The number of fused-ring (bicyclic) bond motifs is 1. The van der Waals surface area contributed by atoms with Crippen LogP contribution in [0.2, 0.25) is 0 Å². The summed E-state index contributed by atoms with van der Waals surface area (Å²) in [4.78, 5) is 0. The molecule has 1 aliphatic rings. The maximum atomic E-state index is 5.84. The zero-order valence-corrected chi connectivity index (χ0v) is 8.42. The third-order valence-corrected chi connectivity index (χ3v) is 2.81. The van der Waals surface area contributed by atoms with Gasteiger partial charge in [-0.2, -0.15) is 0 Å². The summed E-state index contributed by atoms with van der Waals surface area (Å²) >= 11 is 0. The van der Waals surface area contributed by atoms with Gasteiger partial charge in [0.25, 0.3) is 0 Å². The first-order valence-electron chi connectivity index (χ1n) is 4.75. The topological polar surface area (TPSA) is 9.23 Å². The van der Waals surface area contributed by atoms with Crippen LogP contribution in [0.15, 0.2) is 43.5 Å². The maximum Gasteiger partial charge on any atom is 0.149 e. The van der Waals surface area contributed by atoms with E-state index in [4.69, 9.17) is 4.74 Å². The van der Waals surface area contributed by atoms with Crippen LogP contribution in [0.25, 0.3) is 0 Å². The van der Waals surface area contributed by atoms with E-state index in [9.17, 15) is 0 Å². The van der Waals surface area contributed by atoms with Crippen LogP contribution in [0.1, 0.15) is 11.1 Å². The summed E-state index contributed by atoms with van der Waals surface area (Å²) in [7, 11) is 0. The van der Waals surface area contributed by atoms with E-state index < -0.39 is 5.60 Å². The first-order valence-corrected chi connectivity index (χ1v) is 4.75. The van der Waals surface area contributed by atoms with Crippen molar-refractivity contribution in [1.29, 1.82) is 0 Å². The molecule has 0 N–H and O–H groups in total. The monoisotopic (exact) mass is 186 g/mol. The van der Waals surface area contributed by atoms with Crippen LogP contribution in [0.5, 0.6) is 5.75 Å². The highest BCUT2D eigenvalue weighted by Gasteiger charge is 2.34. The van der Waals surface area contributed by atoms with Gasteiger partial charge in [-0.15, -0.1) is 0 Å². The highest BCUT2D eigenvalue weighted by Crippen LogP contribution is 2.38. The summed E-state index contributed by atoms with van der Waals surface area (Å²) in [6.45, 7) is 9.71. The Morgan fingerprint density at radius 2 is 2.07 bits per heavy atom. The molecule has 0 bridgehead atoms. The Kier molecular flexibility index (Phi) is 1.95. The van der Waals surface area contributed by atoms with Gasteiger partial charge in [-0.05, 0) is 30.7 Å². The van der Waals surface area contributed by atoms with Crippen molar-refractivity contribution in [3.05, 3.63) is 54.6 Å². The molecule has 0 amide bonds. The molecule has 0 spiro atoms. The van der Waals surface area contributed by atoms with Gasteiger partial charge in [0.15, 0.2) is 0 Å². The van der Waals surface area contributed by atoms with E-state index in [-0.39, 0.29) is 0 Å². The lowest BCUT2D eigenvalue weighted by Crippen LogP contribution is -2.28. The molecule has 1 aromatic rings. The van der Waals surface area contributed by atoms with E-state index in [0.29, 0.717) is 0 Å². The lowest BCUT2D eigenvalue weighted by Gasteiger charge is -2.19. The van der Waals surface area contributed by atoms with Crippen LogP contribution >= 0.6 is 0 Å². The predicted octanol–water partition coefficient (Wildman–Crippen LogP) is 3.04. The molecule has 1 aromatic carbocycles. The van der Waals surface area contributed by atoms with Crippen molar-refractivity contribution < 1.29 is 4.74 Å². The minimum absolute atomic E-state index is 0.394. The molecule has 2 rings (SSSR count). The molecule has 0 saturated carbocycles. The van der Waals surface area contributed by atoms with E-state index in [1.54, 1.807) is 0 Å². The van der Waals surface area contributed by atoms with Gasteiger partial charge in [-0.3, -0.25) is 0 Å². The van der Waals surface area contributed by atoms with Crippen molar-refractivity contribution in [2.75, 3.05) is 0 Å². The Balaban J connectivity index is 2.47. The average Bonchev–Trinajstić information content (AvgIpc) is 2.59. The van der Waals surface area contributed by atoms with Gasteiger partial charge in [-0.1, -0.05) is 25.3 Å². The molecule has 0 unspecified atom stereocenters. The van der Waals surface area contributed by atoms with Crippen molar-refractivity contribution in [1.82, 2.24) is 0 Å². The smallest absolute Gasteiger partial charge is 0.149 e. The van der Waals surface area contributed by atoms with Crippen LogP contribution in [0.4, 0.5) is 0 Å². The number of hydrogen-bond acceptors (Lipinski definition) is 1. The standard InChI is InChI=1S/C13H14O/c1-4-13(5-2)9-11-10(3)7-6-8-12(11)14-13/h4-8H,1-2,9H2,3H3. The summed E-state index contributed by atoms with van der Waals surface area (Å²) in [5.41, 5.74) is 2.15. The lowest BCUT2D eigenvalue weighted by atomic mass is 9.95. The Labute approximate surface area is 84.7 Å². The first-order chi connectivity index (χ1) is 6.71. The predicted molar refractivity (Wildman–Crippen MR) is 58.6 cm³/mol. The quantitative estimate of drug-likeness (QED) is 0.645. The van der Waals surface area contributed by atoms with Crippen molar-refractivity contribution in [3.8, 4) is 5.75 Å². The molecule has 14 heavy (non-hydrogen) atoms. The molecule has 0 aromatic heterocycles. The Morgan fingerprint density at radius 1 is 1.36 bits per heavy atom. The molecule has 0 aliphatic carbocycles. The van der Waals surface area contributed by atoms with Crippen molar-refractivity contribution in [3.63, 3.8) is 0 Å². The third-order valence-electron chi connectivity index (χ3n) is 2.81. The van der Waals surface area contributed by atoms with Crippen molar-refractivity contribution in [2.45, 2.75) is 18.9 Å². The normalized spacial score (nSPS) is 16.9. The van der Waals surface area contributed by atoms with E-state index >= 15 is 0 Å². The van der Waals surface area contributed by atoms with Crippen LogP contribution in [0, 0.1) is 6.92 Å². The van der Waals surface area contributed by atoms with E-state index in [2.05, 4.69) is 26.1 Å². The summed E-state index contributed by atoms with van der Waals surface area (Å²) in [6.07, 6.45) is 4.49. The minimum Gasteiger partial charge on any atom is -0.478 e. The fraction of sp³-hybridized carbons (Fsp3) is 0.231. The average molecular weight is 186 g/mol. The second kappa shape index (κ2) is 3.02. The summed E-state index contributed by atoms with van der Waals surface area (Å²) in [5.74, 6) is 0.963. The summed E-state index contributed by atoms with van der Waals surface area (Å²) in [5, 5.41) is 0. The molecular formula is C13H14O. The van der Waals surface area contributed by atoms with Crippen LogP contribution < -0.4 is 4.74 Å². The summed E-state index contributed by atoms with van der Waals surface area (Å²) in [6, 6.07) is 6.11. The number of rotatable bonds is 2. The van der Waals surface area contributed by atoms with E-state index in [1.807, 2.05) is 24.3 Å². The van der Waals surface area contributed by atoms with Gasteiger partial charge in [0.1, 0.15) is 11.4 Å². The molecular weight excluding hydrogens is 172 g/mol. The fourth-order valence-electron chi connectivity index (χ4n) is 1.83. The van der Waals surface area contributed by atoms with Crippen molar-refractivity contribution in [2.24, 2.45) is 0 Å². The second-order valence-electron chi connectivity index (χ2n) is 3.69. The maximum absolute atomic E-state index is 5.84. The molecule has 1 heterocycles. The van der Waals surface area contributed by atoms with Gasteiger partial charge in [-0.25, -0.2) is 0 Å². The molecule has 0 fully saturated rings. The molecule has 1 nitrogen and oxygen atoms in total. The van der Waals surface area contributed by atoms with Gasteiger partial charge in [0.2, 0.25) is 0 Å². The Hall–Kier alpha value is -1.50. The largest absolute Gasteiger partial charge is 0.478 e. The number of benzene rings is 1. The zero-order valence-electron chi connectivity index (χ0n) is 8.42. The minimum atomic E-state index is -0.394. The van der Waals surface area contributed by atoms with Gasteiger partial charge in [0.05, 0.1) is 0 Å². The Bertz CT molecular complexity index is 382. The fourth-order valence-corrected chi connectivity index (χ4v) is 1.83. The first kappa shape index (κ1) is 9.07. The molecule has 1 heteroatoms. The molecule has 72 valence electrons. The zero-order chi connectivity index (χ0) is 10.2. The lowest BCUT2D eigenvalue weighted by molar-refractivity contribution is 0.203. The van der Waals surface area contributed by atoms with Crippen LogP contribution in [0.3, 0.4) is 0 Å². The third kappa shape index (κ3) is 1.17. The number of ether oxygens (including phenoxy) is 1. The summed E-state index contributed by atoms with van der Waals surface area (Å²) < 4.78 is 5.84. The number of hydrogen-bond donors (Lipinski definition) is 0. The molecule has 0 atom stereocenters. The van der Waals surface area contributed by atoms with E-state index in [1.165, 1.54) is 11.1 Å². The van der Waals surface area contributed by atoms with Crippen LogP contribution in [-0.2, 0) is 6.42 Å². The van der Waals surface area contributed by atoms with Gasteiger partial charge in [0, 0.05) is 12.0 Å².